The largest absolute Gasteiger partial charge is 0.355 e. The van der Waals surface area contributed by atoms with Crippen molar-refractivity contribution in [3.8, 4) is 0 Å². The molecule has 0 aliphatic rings. The predicted molar refractivity (Wildman–Crippen MR) is 142 cm³/mol. The van der Waals surface area contributed by atoms with Crippen LogP contribution < -0.4 is 16.0 Å². The fourth-order valence-electron chi connectivity index (χ4n) is 3.73. The van der Waals surface area contributed by atoms with Crippen LogP contribution in [0.4, 0.5) is 34.1 Å². The lowest BCUT2D eigenvalue weighted by Gasteiger charge is -2.12. The highest BCUT2D eigenvalue weighted by Gasteiger charge is 2.09. The predicted octanol–water partition coefficient (Wildman–Crippen LogP) is 7.31. The Morgan fingerprint density at radius 1 is 0.778 bits per heavy atom. The quantitative estimate of drug-likeness (QED) is 0.130. The van der Waals surface area contributed by atoms with Crippen LogP contribution in [0, 0.1) is 0 Å². The van der Waals surface area contributed by atoms with E-state index in [1.807, 2.05) is 54.6 Å². The molecule has 0 atom stereocenters. The zero-order valence-corrected chi connectivity index (χ0v) is 19.0. The van der Waals surface area contributed by atoms with E-state index in [0.717, 1.165) is 33.7 Å². The van der Waals surface area contributed by atoms with E-state index in [9.17, 15) is 4.79 Å². The number of amides is 1. The zero-order chi connectivity index (χ0) is 24.7. The van der Waals surface area contributed by atoms with Crippen molar-refractivity contribution in [2.24, 2.45) is 5.11 Å². The first-order valence-electron chi connectivity index (χ1n) is 11.1. The molecule has 3 aromatic carbocycles. The summed E-state index contributed by atoms with van der Waals surface area (Å²) in [5.74, 6) is -0.232. The van der Waals surface area contributed by atoms with E-state index >= 15 is 0 Å². The average molecular weight is 473 g/mol. The lowest BCUT2D eigenvalue weighted by molar-refractivity contribution is 0.102. The van der Waals surface area contributed by atoms with Crippen molar-refractivity contribution in [2.45, 2.75) is 0 Å². The molecular weight excluding hydrogens is 452 g/mol. The Bertz CT molecular complexity index is 1600. The van der Waals surface area contributed by atoms with Gasteiger partial charge in [-0.05, 0) is 72.3 Å². The lowest BCUT2D eigenvalue weighted by atomic mass is 10.1. The molecule has 5 aromatic rings. The second-order valence-electron chi connectivity index (χ2n) is 7.85. The Hall–Kier alpha value is -5.40. The summed E-state index contributed by atoms with van der Waals surface area (Å²) < 4.78 is 0. The maximum Gasteiger partial charge on any atom is 0.255 e. The summed E-state index contributed by atoms with van der Waals surface area (Å²) in [6, 6.07) is 25.6. The third kappa shape index (κ3) is 5.22. The third-order valence-electron chi connectivity index (χ3n) is 5.38. The molecule has 0 bridgehead atoms. The van der Waals surface area contributed by atoms with Gasteiger partial charge >= 0.3 is 0 Å². The van der Waals surface area contributed by atoms with Crippen molar-refractivity contribution >= 4 is 50.9 Å². The molecule has 0 aliphatic heterocycles. The van der Waals surface area contributed by atoms with Crippen molar-refractivity contribution < 1.29 is 4.79 Å². The Morgan fingerprint density at radius 3 is 2.39 bits per heavy atom. The van der Waals surface area contributed by atoms with Gasteiger partial charge in [0, 0.05) is 68.6 Å². The number of azide groups is 1. The van der Waals surface area contributed by atoms with E-state index in [0.29, 0.717) is 16.9 Å². The van der Waals surface area contributed by atoms with Crippen LogP contribution in [0.25, 0.3) is 21.3 Å². The standard InChI is InChI=1S/C27H20N8O/c28-35-34-23-7-8-25-24(17-23)26(11-14-30-25)32-20-4-1-3-18(15-20)27(36)33-22-6-2-5-21(16-22)31-19-9-12-29-13-10-19/h1-17H,(H,29,31)(H,30,32)(H,33,36). The smallest absolute Gasteiger partial charge is 0.255 e. The van der Waals surface area contributed by atoms with Gasteiger partial charge in [0.1, 0.15) is 0 Å². The monoisotopic (exact) mass is 472 g/mol. The highest BCUT2D eigenvalue weighted by Crippen LogP contribution is 2.29. The van der Waals surface area contributed by atoms with Crippen LogP contribution >= 0.6 is 0 Å². The number of nitrogens with one attached hydrogen (secondary N) is 3. The molecule has 0 radical (unpaired) electrons. The molecule has 174 valence electrons. The van der Waals surface area contributed by atoms with Gasteiger partial charge in [0.05, 0.1) is 5.52 Å². The maximum absolute atomic E-state index is 13.0. The van der Waals surface area contributed by atoms with Crippen LogP contribution in [0.3, 0.4) is 0 Å². The van der Waals surface area contributed by atoms with Gasteiger partial charge in [0.25, 0.3) is 5.91 Å². The molecule has 36 heavy (non-hydrogen) atoms. The van der Waals surface area contributed by atoms with Crippen LogP contribution in [0.5, 0.6) is 0 Å². The lowest BCUT2D eigenvalue weighted by Crippen LogP contribution is -2.12. The summed E-state index contributed by atoms with van der Waals surface area (Å²) >= 11 is 0. The van der Waals surface area contributed by atoms with Crippen LogP contribution in [0.15, 0.2) is 109 Å². The number of nitrogens with zero attached hydrogens (tertiary/aromatic N) is 5. The fraction of sp³-hybridized carbons (Fsp3) is 0. The fourth-order valence-corrected chi connectivity index (χ4v) is 3.73. The van der Waals surface area contributed by atoms with Crippen molar-refractivity contribution in [3.63, 3.8) is 0 Å². The molecule has 0 saturated heterocycles. The van der Waals surface area contributed by atoms with E-state index in [1.54, 1.807) is 48.9 Å². The first-order valence-corrected chi connectivity index (χ1v) is 11.1. The van der Waals surface area contributed by atoms with Gasteiger partial charge < -0.3 is 16.0 Å². The minimum Gasteiger partial charge on any atom is -0.355 e. The average Bonchev–Trinajstić information content (AvgIpc) is 2.90. The van der Waals surface area contributed by atoms with Crippen LogP contribution in [-0.4, -0.2) is 15.9 Å². The number of fused-ring (bicyclic) bond motifs is 1. The Morgan fingerprint density at radius 2 is 1.56 bits per heavy atom. The molecule has 0 spiro atoms. The van der Waals surface area contributed by atoms with Crippen molar-refractivity contribution in [1.82, 2.24) is 9.97 Å². The van der Waals surface area contributed by atoms with Gasteiger partial charge in [0.2, 0.25) is 0 Å². The summed E-state index contributed by atoms with van der Waals surface area (Å²) in [5, 5.41) is 14.1. The molecule has 3 N–H and O–H groups in total. The third-order valence-corrected chi connectivity index (χ3v) is 5.38. The molecule has 9 nitrogen and oxygen atoms in total. The minimum atomic E-state index is -0.232. The van der Waals surface area contributed by atoms with E-state index in [2.05, 4.69) is 35.9 Å². The topological polar surface area (TPSA) is 128 Å². The second-order valence-corrected chi connectivity index (χ2v) is 7.85. The molecule has 0 aliphatic carbocycles. The number of benzene rings is 3. The normalized spacial score (nSPS) is 10.3. The summed E-state index contributed by atoms with van der Waals surface area (Å²) in [6.07, 6.45) is 5.12. The van der Waals surface area contributed by atoms with Gasteiger partial charge in [-0.2, -0.15) is 0 Å². The highest BCUT2D eigenvalue weighted by molar-refractivity contribution is 6.05. The van der Waals surface area contributed by atoms with Gasteiger partial charge in [-0.1, -0.05) is 23.3 Å². The van der Waals surface area contributed by atoms with Gasteiger partial charge in [-0.25, -0.2) is 0 Å². The maximum atomic E-state index is 13.0. The number of aromatic nitrogens is 2. The van der Waals surface area contributed by atoms with E-state index in [1.165, 1.54) is 0 Å². The first-order chi connectivity index (χ1) is 17.7. The summed E-state index contributed by atoms with van der Waals surface area (Å²) in [4.78, 5) is 24.2. The molecule has 5 rings (SSSR count). The molecule has 0 unspecified atom stereocenters. The molecule has 2 aromatic heterocycles. The molecular formula is C27H20N8O. The highest BCUT2D eigenvalue weighted by atomic mass is 16.1. The molecule has 1 amide bonds. The van der Waals surface area contributed by atoms with Crippen LogP contribution in [0.2, 0.25) is 0 Å². The SMILES string of the molecule is [N-]=[N+]=Nc1ccc2nccc(Nc3cccc(C(=O)Nc4cccc(Nc5ccncc5)c4)c3)c2c1. The van der Waals surface area contributed by atoms with E-state index < -0.39 is 0 Å². The number of hydrogen-bond acceptors (Lipinski definition) is 6. The summed E-state index contributed by atoms with van der Waals surface area (Å²) in [7, 11) is 0. The van der Waals surface area contributed by atoms with Gasteiger partial charge in [-0.15, -0.1) is 0 Å². The van der Waals surface area contributed by atoms with Gasteiger partial charge in [-0.3, -0.25) is 14.8 Å². The Kier molecular flexibility index (Phi) is 6.38. The Balaban J connectivity index is 1.34. The first kappa shape index (κ1) is 22.4. The number of hydrogen-bond donors (Lipinski definition) is 3. The summed E-state index contributed by atoms with van der Waals surface area (Å²) in [6.45, 7) is 0. The number of pyridine rings is 2. The minimum absolute atomic E-state index is 0.232. The molecule has 9 heteroatoms. The van der Waals surface area contributed by atoms with Crippen molar-refractivity contribution in [3.05, 3.63) is 120 Å². The van der Waals surface area contributed by atoms with Gasteiger partial charge in [0.15, 0.2) is 0 Å². The molecule has 0 fully saturated rings. The number of carbonyl (C=O) groups is 1. The second kappa shape index (κ2) is 10.3. The van der Waals surface area contributed by atoms with E-state index in [-0.39, 0.29) is 5.91 Å². The zero-order valence-electron chi connectivity index (χ0n) is 19.0. The molecule has 2 heterocycles. The number of anilines is 5. The van der Waals surface area contributed by atoms with Crippen LogP contribution in [-0.2, 0) is 0 Å². The van der Waals surface area contributed by atoms with Crippen LogP contribution in [0.1, 0.15) is 10.4 Å². The van der Waals surface area contributed by atoms with Crippen molar-refractivity contribution in [2.75, 3.05) is 16.0 Å². The van der Waals surface area contributed by atoms with E-state index in [4.69, 9.17) is 5.53 Å². The van der Waals surface area contributed by atoms with Crippen molar-refractivity contribution in [1.29, 1.82) is 0 Å². The summed E-state index contributed by atoms with van der Waals surface area (Å²) in [5.41, 5.74) is 14.4. The Labute approximate surface area is 206 Å². The molecule has 0 saturated carbocycles. The number of carbonyl (C=O) groups excluding carboxylic acids is 1. The number of rotatable bonds is 7.